The minimum Gasteiger partial charge on any atom is -0.377 e. The first kappa shape index (κ1) is 16.4. The van der Waals surface area contributed by atoms with Crippen molar-refractivity contribution in [2.45, 2.75) is 58.4 Å². The van der Waals surface area contributed by atoms with Crippen LogP contribution in [0, 0.1) is 5.92 Å². The SMILES string of the molecule is CCOC1CC(NC(C)C(=O)NCC(C)C)C1OC. The van der Waals surface area contributed by atoms with Crippen LogP contribution < -0.4 is 10.6 Å². The summed E-state index contributed by atoms with van der Waals surface area (Å²) in [6.07, 6.45) is 1.09. The predicted octanol–water partition coefficient (Wildman–Crippen LogP) is 0.929. The smallest absolute Gasteiger partial charge is 0.236 e. The quantitative estimate of drug-likeness (QED) is 0.690. The topological polar surface area (TPSA) is 59.6 Å². The van der Waals surface area contributed by atoms with Crippen molar-refractivity contribution in [2.24, 2.45) is 5.92 Å². The van der Waals surface area contributed by atoms with Crippen LogP contribution in [0.25, 0.3) is 0 Å². The van der Waals surface area contributed by atoms with Gasteiger partial charge in [0.1, 0.15) is 0 Å². The molecular formula is C14H28N2O3. The Morgan fingerprint density at radius 2 is 2.05 bits per heavy atom. The van der Waals surface area contributed by atoms with E-state index in [1.54, 1.807) is 7.11 Å². The zero-order valence-corrected chi connectivity index (χ0v) is 12.7. The van der Waals surface area contributed by atoms with Crippen molar-refractivity contribution in [3.8, 4) is 0 Å². The van der Waals surface area contributed by atoms with Crippen LogP contribution in [0.4, 0.5) is 0 Å². The molecule has 0 bridgehead atoms. The van der Waals surface area contributed by atoms with E-state index in [-0.39, 0.29) is 30.2 Å². The molecule has 0 heterocycles. The molecule has 1 aliphatic rings. The molecule has 1 fully saturated rings. The molecule has 2 N–H and O–H groups in total. The van der Waals surface area contributed by atoms with E-state index in [4.69, 9.17) is 9.47 Å². The van der Waals surface area contributed by atoms with Crippen LogP contribution in [0.5, 0.6) is 0 Å². The number of carbonyl (C=O) groups is 1. The van der Waals surface area contributed by atoms with Crippen LogP contribution in [0.3, 0.4) is 0 Å². The number of nitrogens with one attached hydrogen (secondary N) is 2. The minimum atomic E-state index is -0.205. The highest BCUT2D eigenvalue weighted by Gasteiger charge is 2.42. The molecule has 0 aromatic carbocycles. The van der Waals surface area contributed by atoms with E-state index in [2.05, 4.69) is 24.5 Å². The van der Waals surface area contributed by atoms with Crippen molar-refractivity contribution in [1.82, 2.24) is 10.6 Å². The van der Waals surface area contributed by atoms with Gasteiger partial charge >= 0.3 is 0 Å². The van der Waals surface area contributed by atoms with E-state index in [1.165, 1.54) is 0 Å². The number of rotatable bonds is 8. The molecule has 0 saturated heterocycles. The van der Waals surface area contributed by atoms with Crippen LogP contribution in [-0.4, -0.2) is 50.5 Å². The second kappa shape index (κ2) is 7.82. The highest BCUT2D eigenvalue weighted by Crippen LogP contribution is 2.27. The van der Waals surface area contributed by atoms with Crippen LogP contribution >= 0.6 is 0 Å². The first-order chi connectivity index (χ1) is 8.99. The lowest BCUT2D eigenvalue weighted by Crippen LogP contribution is -2.63. The van der Waals surface area contributed by atoms with Gasteiger partial charge in [0.25, 0.3) is 0 Å². The number of ether oxygens (including phenoxy) is 2. The van der Waals surface area contributed by atoms with Crippen molar-refractivity contribution < 1.29 is 14.3 Å². The average Bonchev–Trinajstić information content (AvgIpc) is 2.34. The number of carbonyl (C=O) groups excluding carboxylic acids is 1. The van der Waals surface area contributed by atoms with Gasteiger partial charge in [0.05, 0.1) is 18.2 Å². The lowest BCUT2D eigenvalue weighted by molar-refractivity contribution is -0.138. The first-order valence-electron chi connectivity index (χ1n) is 7.17. The van der Waals surface area contributed by atoms with Gasteiger partial charge in [-0.25, -0.2) is 0 Å². The van der Waals surface area contributed by atoms with E-state index in [9.17, 15) is 4.79 Å². The average molecular weight is 272 g/mol. The summed E-state index contributed by atoms with van der Waals surface area (Å²) in [6.45, 7) is 9.44. The fourth-order valence-electron chi connectivity index (χ4n) is 2.29. The van der Waals surface area contributed by atoms with Gasteiger partial charge in [0, 0.05) is 26.3 Å². The highest BCUT2D eigenvalue weighted by molar-refractivity contribution is 5.81. The maximum atomic E-state index is 11.9. The van der Waals surface area contributed by atoms with Crippen LogP contribution in [0.2, 0.25) is 0 Å². The number of amides is 1. The largest absolute Gasteiger partial charge is 0.377 e. The van der Waals surface area contributed by atoms with E-state index in [0.29, 0.717) is 19.1 Å². The van der Waals surface area contributed by atoms with E-state index < -0.39 is 0 Å². The molecule has 112 valence electrons. The molecule has 5 nitrogen and oxygen atoms in total. The van der Waals surface area contributed by atoms with Gasteiger partial charge in [0.2, 0.25) is 5.91 Å². The second-order valence-electron chi connectivity index (χ2n) is 5.56. The molecule has 1 rings (SSSR count). The Morgan fingerprint density at radius 1 is 1.37 bits per heavy atom. The normalized spacial score (nSPS) is 28.0. The molecule has 0 radical (unpaired) electrons. The summed E-state index contributed by atoms with van der Waals surface area (Å²) in [5.74, 6) is 0.511. The summed E-state index contributed by atoms with van der Waals surface area (Å²) in [7, 11) is 1.69. The van der Waals surface area contributed by atoms with Gasteiger partial charge < -0.3 is 20.1 Å². The summed E-state index contributed by atoms with van der Waals surface area (Å²) >= 11 is 0. The fraction of sp³-hybridized carbons (Fsp3) is 0.929. The Morgan fingerprint density at radius 3 is 2.58 bits per heavy atom. The highest BCUT2D eigenvalue weighted by atomic mass is 16.5. The van der Waals surface area contributed by atoms with Gasteiger partial charge in [0.15, 0.2) is 0 Å². The molecule has 0 aromatic heterocycles. The molecule has 1 aliphatic carbocycles. The van der Waals surface area contributed by atoms with E-state index >= 15 is 0 Å². The van der Waals surface area contributed by atoms with Crippen molar-refractivity contribution in [3.05, 3.63) is 0 Å². The third-order valence-corrected chi connectivity index (χ3v) is 3.44. The van der Waals surface area contributed by atoms with E-state index in [0.717, 1.165) is 6.42 Å². The lowest BCUT2D eigenvalue weighted by atomic mass is 9.84. The summed E-state index contributed by atoms with van der Waals surface area (Å²) < 4.78 is 11.0. The van der Waals surface area contributed by atoms with Crippen LogP contribution in [0.1, 0.15) is 34.1 Å². The van der Waals surface area contributed by atoms with Gasteiger partial charge in [-0.3, -0.25) is 4.79 Å². The van der Waals surface area contributed by atoms with Gasteiger partial charge in [-0.2, -0.15) is 0 Å². The molecular weight excluding hydrogens is 244 g/mol. The third kappa shape index (κ3) is 4.75. The van der Waals surface area contributed by atoms with Crippen molar-refractivity contribution in [1.29, 1.82) is 0 Å². The van der Waals surface area contributed by atoms with Gasteiger partial charge in [-0.1, -0.05) is 13.8 Å². The Balaban J connectivity index is 2.32. The summed E-state index contributed by atoms with van der Waals surface area (Å²) in [5, 5.41) is 6.24. The second-order valence-corrected chi connectivity index (χ2v) is 5.56. The monoisotopic (exact) mass is 272 g/mol. The zero-order valence-electron chi connectivity index (χ0n) is 12.7. The number of methoxy groups -OCH3 is 1. The minimum absolute atomic E-state index is 0.0419. The lowest BCUT2D eigenvalue weighted by Gasteiger charge is -2.44. The maximum Gasteiger partial charge on any atom is 0.236 e. The number of hydrogen-bond donors (Lipinski definition) is 2. The third-order valence-electron chi connectivity index (χ3n) is 3.44. The Kier molecular flexibility index (Phi) is 6.75. The Bertz CT molecular complexity index is 284. The molecule has 0 aromatic rings. The fourth-order valence-corrected chi connectivity index (χ4v) is 2.29. The molecule has 5 heteroatoms. The summed E-state index contributed by atoms with van der Waals surface area (Å²) in [5.41, 5.74) is 0. The predicted molar refractivity (Wildman–Crippen MR) is 75.1 cm³/mol. The molecule has 0 spiro atoms. The first-order valence-corrected chi connectivity index (χ1v) is 7.17. The zero-order chi connectivity index (χ0) is 14.4. The molecule has 1 amide bonds. The Labute approximate surface area is 116 Å². The summed E-state index contributed by atoms with van der Waals surface area (Å²) in [6, 6.07) is -0.00896. The molecule has 4 unspecified atom stereocenters. The standard InChI is InChI=1S/C14H28N2O3/c1-6-19-12-7-11(13(12)18-5)16-10(4)14(17)15-8-9(2)3/h9-13,16H,6-8H2,1-5H3,(H,15,17). The molecule has 1 saturated carbocycles. The van der Waals surface area contributed by atoms with Crippen LogP contribution in [-0.2, 0) is 14.3 Å². The molecule has 0 aliphatic heterocycles. The maximum absolute atomic E-state index is 11.9. The Hall–Kier alpha value is -0.650. The van der Waals surface area contributed by atoms with Gasteiger partial charge in [-0.15, -0.1) is 0 Å². The van der Waals surface area contributed by atoms with Crippen LogP contribution in [0.15, 0.2) is 0 Å². The number of hydrogen-bond acceptors (Lipinski definition) is 4. The van der Waals surface area contributed by atoms with Crippen molar-refractivity contribution in [2.75, 3.05) is 20.3 Å². The van der Waals surface area contributed by atoms with Crippen molar-refractivity contribution in [3.63, 3.8) is 0 Å². The summed E-state index contributed by atoms with van der Waals surface area (Å²) in [4.78, 5) is 11.9. The van der Waals surface area contributed by atoms with E-state index in [1.807, 2.05) is 13.8 Å². The molecule has 19 heavy (non-hydrogen) atoms. The van der Waals surface area contributed by atoms with Crippen molar-refractivity contribution >= 4 is 5.91 Å². The van der Waals surface area contributed by atoms with Gasteiger partial charge in [-0.05, 0) is 26.2 Å². The molecule has 4 atom stereocenters.